The molecule has 4 heteroatoms. The molecule has 0 atom stereocenters. The fourth-order valence-electron chi connectivity index (χ4n) is 2.43. The summed E-state index contributed by atoms with van der Waals surface area (Å²) in [6.45, 7) is 2.58. The van der Waals surface area contributed by atoms with Crippen LogP contribution >= 0.6 is 0 Å². The van der Waals surface area contributed by atoms with Crippen LogP contribution in [-0.4, -0.2) is 17.4 Å². The molecule has 0 aliphatic heterocycles. The van der Waals surface area contributed by atoms with Gasteiger partial charge in [0, 0.05) is 30.1 Å². The van der Waals surface area contributed by atoms with Crippen LogP contribution in [0.1, 0.15) is 28.8 Å². The number of fused-ring (bicyclic) bond motifs is 1. The number of carbonyl (C=O) groups is 1. The van der Waals surface area contributed by atoms with Crippen molar-refractivity contribution in [3.8, 4) is 0 Å². The van der Waals surface area contributed by atoms with Gasteiger partial charge in [-0.15, -0.1) is 0 Å². The first-order valence-corrected chi connectivity index (χ1v) is 7.20. The number of H-pyrrole nitrogens is 1. The summed E-state index contributed by atoms with van der Waals surface area (Å²) in [5.41, 5.74) is 2.33. The van der Waals surface area contributed by atoms with Gasteiger partial charge in [0.2, 0.25) is 0 Å². The van der Waals surface area contributed by atoms with Crippen LogP contribution in [0.4, 0.5) is 0 Å². The lowest BCUT2D eigenvalue weighted by Gasteiger charge is -2.02. The van der Waals surface area contributed by atoms with E-state index in [9.17, 15) is 4.79 Å². The molecule has 1 aromatic carbocycles. The second-order valence-electron chi connectivity index (χ2n) is 4.98. The van der Waals surface area contributed by atoms with Crippen LogP contribution in [0.5, 0.6) is 0 Å². The van der Waals surface area contributed by atoms with Crippen LogP contribution in [-0.2, 0) is 12.8 Å². The largest absolute Gasteiger partial charge is 0.456 e. The number of furan rings is 1. The van der Waals surface area contributed by atoms with E-state index >= 15 is 0 Å². The van der Waals surface area contributed by atoms with Crippen LogP contribution in [0.25, 0.3) is 10.9 Å². The van der Waals surface area contributed by atoms with Crippen molar-refractivity contribution in [3.05, 3.63) is 59.7 Å². The van der Waals surface area contributed by atoms with Gasteiger partial charge >= 0.3 is 0 Å². The number of carbonyl (C=O) groups excluding carboxylic acids is 1. The Hall–Kier alpha value is -2.49. The van der Waals surface area contributed by atoms with Crippen LogP contribution in [0.2, 0.25) is 0 Å². The number of hydrogen-bond donors (Lipinski definition) is 2. The Balaban J connectivity index is 1.59. The van der Waals surface area contributed by atoms with E-state index in [2.05, 4.69) is 16.4 Å². The minimum absolute atomic E-state index is 0.158. The van der Waals surface area contributed by atoms with Gasteiger partial charge in [0.15, 0.2) is 5.76 Å². The highest BCUT2D eigenvalue weighted by molar-refractivity contribution is 5.91. The summed E-state index contributed by atoms with van der Waals surface area (Å²) >= 11 is 0. The Labute approximate surface area is 123 Å². The molecule has 2 heterocycles. The van der Waals surface area contributed by atoms with Gasteiger partial charge in [0.25, 0.3) is 5.91 Å². The average Bonchev–Trinajstić information content (AvgIpc) is 3.14. The van der Waals surface area contributed by atoms with E-state index in [0.717, 1.165) is 24.1 Å². The normalized spacial score (nSPS) is 10.9. The third-order valence-electron chi connectivity index (χ3n) is 3.59. The summed E-state index contributed by atoms with van der Waals surface area (Å²) in [6.07, 6.45) is 3.58. The average molecular weight is 282 g/mol. The van der Waals surface area contributed by atoms with Crippen molar-refractivity contribution in [2.75, 3.05) is 6.54 Å². The van der Waals surface area contributed by atoms with Gasteiger partial charge in [-0.3, -0.25) is 4.79 Å². The van der Waals surface area contributed by atoms with Gasteiger partial charge in [0.1, 0.15) is 5.76 Å². The van der Waals surface area contributed by atoms with Crippen LogP contribution in [0.15, 0.2) is 47.0 Å². The number of benzene rings is 1. The molecule has 0 aliphatic carbocycles. The van der Waals surface area contributed by atoms with Crippen molar-refractivity contribution >= 4 is 16.8 Å². The number of aryl methyl sites for hydroxylation is 1. The molecule has 0 saturated carbocycles. The SMILES string of the molecule is CCc1ccc(C(=O)NCCc2c[nH]c3ccccc23)o1. The van der Waals surface area contributed by atoms with Crippen molar-refractivity contribution in [2.24, 2.45) is 0 Å². The van der Waals surface area contributed by atoms with Crippen LogP contribution in [0, 0.1) is 0 Å². The molecule has 0 aliphatic rings. The minimum Gasteiger partial charge on any atom is -0.456 e. The van der Waals surface area contributed by atoms with E-state index in [0.29, 0.717) is 12.3 Å². The lowest BCUT2D eigenvalue weighted by Crippen LogP contribution is -2.25. The number of nitrogens with one attached hydrogen (secondary N) is 2. The van der Waals surface area contributed by atoms with Crippen molar-refractivity contribution in [2.45, 2.75) is 19.8 Å². The molecule has 0 saturated heterocycles. The highest BCUT2D eigenvalue weighted by atomic mass is 16.3. The standard InChI is InChI=1S/C17H18N2O2/c1-2-13-7-8-16(21-13)17(20)18-10-9-12-11-19-15-6-4-3-5-14(12)15/h3-8,11,19H,2,9-10H2,1H3,(H,18,20). The maximum atomic E-state index is 12.0. The van der Waals surface area contributed by atoms with Gasteiger partial charge in [-0.1, -0.05) is 25.1 Å². The quantitative estimate of drug-likeness (QED) is 0.754. The van der Waals surface area contributed by atoms with Gasteiger partial charge in [-0.2, -0.15) is 0 Å². The van der Waals surface area contributed by atoms with E-state index in [1.165, 1.54) is 10.9 Å². The number of aromatic amines is 1. The Morgan fingerprint density at radius 2 is 2.10 bits per heavy atom. The summed E-state index contributed by atoms with van der Waals surface area (Å²) in [6, 6.07) is 11.7. The second kappa shape index (κ2) is 5.87. The lowest BCUT2D eigenvalue weighted by atomic mass is 10.1. The highest BCUT2D eigenvalue weighted by Gasteiger charge is 2.10. The summed E-state index contributed by atoms with van der Waals surface area (Å²) in [5.74, 6) is 1.05. The monoisotopic (exact) mass is 282 g/mol. The summed E-state index contributed by atoms with van der Waals surface area (Å²) in [5, 5.41) is 4.10. The van der Waals surface area contributed by atoms with Crippen molar-refractivity contribution in [3.63, 3.8) is 0 Å². The van der Waals surface area contributed by atoms with Gasteiger partial charge in [-0.25, -0.2) is 0 Å². The summed E-state index contributed by atoms with van der Waals surface area (Å²) in [7, 11) is 0. The zero-order chi connectivity index (χ0) is 14.7. The topological polar surface area (TPSA) is 58.0 Å². The molecule has 4 nitrogen and oxygen atoms in total. The fraction of sp³-hybridized carbons (Fsp3) is 0.235. The molecule has 0 spiro atoms. The fourth-order valence-corrected chi connectivity index (χ4v) is 2.43. The minimum atomic E-state index is -0.158. The molecule has 3 rings (SSSR count). The Bertz CT molecular complexity index is 755. The Kier molecular flexibility index (Phi) is 3.77. The number of aromatic nitrogens is 1. The van der Waals surface area contributed by atoms with Crippen molar-refractivity contribution < 1.29 is 9.21 Å². The zero-order valence-electron chi connectivity index (χ0n) is 12.0. The van der Waals surface area contributed by atoms with E-state index in [1.54, 1.807) is 6.07 Å². The van der Waals surface area contributed by atoms with Gasteiger partial charge in [-0.05, 0) is 30.2 Å². The summed E-state index contributed by atoms with van der Waals surface area (Å²) < 4.78 is 5.43. The predicted octanol–water partition coefficient (Wildman–Crippen LogP) is 3.30. The zero-order valence-corrected chi connectivity index (χ0v) is 12.0. The van der Waals surface area contributed by atoms with E-state index in [1.807, 2.05) is 37.4 Å². The van der Waals surface area contributed by atoms with E-state index in [-0.39, 0.29) is 5.91 Å². The lowest BCUT2D eigenvalue weighted by molar-refractivity contribution is 0.0925. The van der Waals surface area contributed by atoms with E-state index in [4.69, 9.17) is 4.42 Å². The first kappa shape index (κ1) is 13.5. The van der Waals surface area contributed by atoms with Crippen LogP contribution in [0.3, 0.4) is 0 Å². The Morgan fingerprint density at radius 1 is 1.24 bits per heavy atom. The molecule has 2 N–H and O–H groups in total. The molecular weight excluding hydrogens is 264 g/mol. The first-order valence-electron chi connectivity index (χ1n) is 7.20. The van der Waals surface area contributed by atoms with Gasteiger partial charge < -0.3 is 14.7 Å². The molecule has 1 amide bonds. The van der Waals surface area contributed by atoms with Crippen molar-refractivity contribution in [1.29, 1.82) is 0 Å². The maximum absolute atomic E-state index is 12.0. The maximum Gasteiger partial charge on any atom is 0.287 e. The number of para-hydroxylation sites is 1. The molecule has 21 heavy (non-hydrogen) atoms. The molecule has 0 fully saturated rings. The van der Waals surface area contributed by atoms with Gasteiger partial charge in [0.05, 0.1) is 0 Å². The molecule has 108 valence electrons. The third kappa shape index (κ3) is 2.84. The second-order valence-corrected chi connectivity index (χ2v) is 4.98. The summed E-state index contributed by atoms with van der Waals surface area (Å²) in [4.78, 5) is 15.2. The predicted molar refractivity (Wildman–Crippen MR) is 82.4 cm³/mol. The molecule has 3 aromatic rings. The molecule has 0 unspecified atom stereocenters. The molecule has 0 radical (unpaired) electrons. The van der Waals surface area contributed by atoms with Crippen molar-refractivity contribution in [1.82, 2.24) is 10.3 Å². The number of hydrogen-bond acceptors (Lipinski definition) is 2. The van der Waals surface area contributed by atoms with Crippen LogP contribution < -0.4 is 5.32 Å². The first-order chi connectivity index (χ1) is 10.3. The third-order valence-corrected chi connectivity index (χ3v) is 3.59. The molecular formula is C17H18N2O2. The number of amides is 1. The molecule has 0 bridgehead atoms. The number of rotatable bonds is 5. The smallest absolute Gasteiger partial charge is 0.287 e. The highest BCUT2D eigenvalue weighted by Crippen LogP contribution is 2.17. The molecule has 2 aromatic heterocycles. The van der Waals surface area contributed by atoms with E-state index < -0.39 is 0 Å². The Morgan fingerprint density at radius 3 is 2.90 bits per heavy atom.